The number of rotatable bonds is 59. The number of likely N-dealkylation sites (N-methyl/N-ethyl adjacent to an activating group) is 1. The second-order valence-corrected chi connectivity index (χ2v) is 24.5. The van der Waals surface area contributed by atoms with Crippen molar-refractivity contribution in [1.82, 2.24) is 5.32 Å². The van der Waals surface area contributed by atoms with Crippen LogP contribution in [0.3, 0.4) is 0 Å². The average molecular weight is 1050 g/mol. The Bertz CT molecular complexity index is 1280. The second-order valence-electron chi connectivity index (χ2n) is 23.1. The monoisotopic (exact) mass is 1050 g/mol. The van der Waals surface area contributed by atoms with Crippen molar-refractivity contribution in [2.24, 2.45) is 0 Å². The van der Waals surface area contributed by atoms with E-state index in [9.17, 15) is 19.4 Å². The fourth-order valence-corrected chi connectivity index (χ4v) is 10.4. The van der Waals surface area contributed by atoms with Gasteiger partial charge in [-0.05, 0) is 51.4 Å². The normalized spacial score (nSPS) is 14.0. The van der Waals surface area contributed by atoms with Gasteiger partial charge in [0.25, 0.3) is 7.82 Å². The van der Waals surface area contributed by atoms with Gasteiger partial charge in [0.1, 0.15) is 13.2 Å². The maximum Gasteiger partial charge on any atom is 0.268 e. The zero-order valence-corrected chi connectivity index (χ0v) is 50.3. The molecule has 3 unspecified atom stereocenters. The van der Waals surface area contributed by atoms with Gasteiger partial charge in [0.15, 0.2) is 0 Å². The number of unbranched alkanes of at least 4 members (excludes halogenated alkanes) is 40. The number of aliphatic hydroxyl groups excluding tert-OH is 1. The number of nitrogens with zero attached hydrogens (tertiary/aromatic N) is 1. The summed E-state index contributed by atoms with van der Waals surface area (Å²) in [6.07, 6.45) is 71.9. The molecule has 0 saturated heterocycles. The molecule has 0 aliphatic carbocycles. The van der Waals surface area contributed by atoms with Crippen LogP contribution in [0.5, 0.6) is 0 Å². The molecule has 0 aromatic heterocycles. The van der Waals surface area contributed by atoms with Crippen LogP contribution in [0.4, 0.5) is 0 Å². The standard InChI is InChI=1S/C64H125N2O6P/c1-6-8-10-12-14-16-18-20-22-24-26-28-30-31-32-33-34-36-37-39-41-43-45-47-49-51-53-55-57-63(67)62(61-72-73(69,70)71-60-59-66(3,4)5)65-64(68)58-56-54-52-50-48-46-44-42-40-38-35-29-27-25-23-21-19-17-15-13-11-9-7-2/h19,21,25,27,35,38,62-63,67H,6-18,20,22-24,26,28-34,36-37,39-61H2,1-5H3,(H-,65,68,69,70)/b21-19-,27-25-,38-35-. The third kappa shape index (κ3) is 58.2. The molecule has 0 aromatic rings. The molecule has 8 nitrogen and oxygen atoms in total. The number of carbonyl (C=O) groups is 1. The fourth-order valence-electron chi connectivity index (χ4n) is 9.64. The van der Waals surface area contributed by atoms with Gasteiger partial charge in [-0.25, -0.2) is 0 Å². The van der Waals surface area contributed by atoms with Crippen molar-refractivity contribution in [2.45, 2.75) is 328 Å². The van der Waals surface area contributed by atoms with Gasteiger partial charge in [0.05, 0.1) is 39.9 Å². The highest BCUT2D eigenvalue weighted by Crippen LogP contribution is 2.38. The predicted molar refractivity (Wildman–Crippen MR) is 316 cm³/mol. The van der Waals surface area contributed by atoms with Gasteiger partial charge < -0.3 is 28.8 Å². The molecule has 0 aliphatic heterocycles. The van der Waals surface area contributed by atoms with E-state index >= 15 is 0 Å². The highest BCUT2D eigenvalue weighted by Gasteiger charge is 2.24. The van der Waals surface area contributed by atoms with Crippen LogP contribution in [-0.4, -0.2) is 68.5 Å². The number of hydrogen-bond acceptors (Lipinski definition) is 6. The summed E-state index contributed by atoms with van der Waals surface area (Å²) in [6, 6.07) is -0.807. The Hall–Kier alpha value is -1.28. The van der Waals surface area contributed by atoms with Crippen LogP contribution in [0.1, 0.15) is 316 Å². The Morgan fingerprint density at radius 1 is 0.479 bits per heavy atom. The van der Waals surface area contributed by atoms with Crippen LogP contribution >= 0.6 is 7.82 Å². The minimum absolute atomic E-state index is 0.0107. The van der Waals surface area contributed by atoms with Crippen LogP contribution < -0.4 is 10.2 Å². The maximum atomic E-state index is 13.0. The summed E-state index contributed by atoms with van der Waals surface area (Å²) in [5.74, 6) is -0.168. The molecule has 0 bridgehead atoms. The quantitative estimate of drug-likeness (QED) is 0.0272. The van der Waals surface area contributed by atoms with Crippen molar-refractivity contribution in [3.63, 3.8) is 0 Å². The van der Waals surface area contributed by atoms with Crippen molar-refractivity contribution < 1.29 is 32.9 Å². The van der Waals surface area contributed by atoms with Crippen molar-refractivity contribution in [2.75, 3.05) is 40.9 Å². The van der Waals surface area contributed by atoms with Crippen molar-refractivity contribution >= 4 is 13.7 Å². The average Bonchev–Trinajstić information content (AvgIpc) is 3.35. The van der Waals surface area contributed by atoms with Gasteiger partial charge in [-0.3, -0.25) is 9.36 Å². The smallest absolute Gasteiger partial charge is 0.268 e. The summed E-state index contributed by atoms with van der Waals surface area (Å²) in [5.41, 5.74) is 0. The lowest BCUT2D eigenvalue weighted by Crippen LogP contribution is -2.46. The number of quaternary nitrogens is 1. The number of aliphatic hydroxyl groups is 1. The number of allylic oxidation sites excluding steroid dienone is 6. The first-order valence-corrected chi connectivity index (χ1v) is 33.3. The van der Waals surface area contributed by atoms with Gasteiger partial charge in [-0.1, -0.05) is 294 Å². The van der Waals surface area contributed by atoms with E-state index in [1.807, 2.05) is 21.1 Å². The molecule has 0 rings (SSSR count). The Morgan fingerprint density at radius 2 is 0.795 bits per heavy atom. The largest absolute Gasteiger partial charge is 0.756 e. The molecule has 432 valence electrons. The minimum Gasteiger partial charge on any atom is -0.756 e. The zero-order chi connectivity index (χ0) is 53.5. The van der Waals surface area contributed by atoms with Gasteiger partial charge in [-0.15, -0.1) is 0 Å². The lowest BCUT2D eigenvalue weighted by molar-refractivity contribution is -0.870. The molecule has 0 aliphatic rings. The Morgan fingerprint density at radius 3 is 1.15 bits per heavy atom. The molecule has 9 heteroatoms. The Balaban J connectivity index is 4.10. The molecule has 0 aromatic carbocycles. The third-order valence-electron chi connectivity index (χ3n) is 14.6. The first kappa shape index (κ1) is 71.7. The van der Waals surface area contributed by atoms with Gasteiger partial charge >= 0.3 is 0 Å². The summed E-state index contributed by atoms with van der Waals surface area (Å²) >= 11 is 0. The summed E-state index contributed by atoms with van der Waals surface area (Å²) in [6.45, 7) is 4.75. The summed E-state index contributed by atoms with van der Waals surface area (Å²) in [5, 5.41) is 14.1. The fraction of sp³-hybridized carbons (Fsp3) is 0.891. The highest BCUT2D eigenvalue weighted by molar-refractivity contribution is 7.45. The molecule has 0 radical (unpaired) electrons. The lowest BCUT2D eigenvalue weighted by Gasteiger charge is -2.30. The number of hydrogen-bond donors (Lipinski definition) is 2. The van der Waals surface area contributed by atoms with E-state index in [1.165, 1.54) is 231 Å². The second kappa shape index (κ2) is 55.5. The van der Waals surface area contributed by atoms with Crippen LogP contribution in [0.2, 0.25) is 0 Å². The van der Waals surface area contributed by atoms with Crippen LogP contribution in [0.15, 0.2) is 36.5 Å². The zero-order valence-electron chi connectivity index (χ0n) is 49.4. The van der Waals surface area contributed by atoms with Crippen LogP contribution in [0, 0.1) is 0 Å². The summed E-state index contributed by atoms with van der Waals surface area (Å²) in [7, 11) is 1.31. The number of phosphoric ester groups is 1. The van der Waals surface area contributed by atoms with Crippen molar-refractivity contribution in [1.29, 1.82) is 0 Å². The number of carbonyl (C=O) groups excluding carboxylic acids is 1. The SMILES string of the molecule is CCCCCCC/C=C\C/C=C\C/C=C\CCCCCCCCCCC(=O)NC(COP(=O)([O-])OCC[N+](C)(C)C)C(O)CCCCCCCCCCCCCCCCCCCCCCCCCCCCCC. The molecule has 2 N–H and O–H groups in total. The van der Waals surface area contributed by atoms with E-state index in [1.54, 1.807) is 0 Å². The Labute approximate surface area is 455 Å². The van der Waals surface area contributed by atoms with Gasteiger partial charge in [0.2, 0.25) is 5.91 Å². The predicted octanol–water partition coefficient (Wildman–Crippen LogP) is 19.1. The molecular formula is C64H125N2O6P. The van der Waals surface area contributed by atoms with E-state index in [-0.39, 0.29) is 19.1 Å². The van der Waals surface area contributed by atoms with E-state index in [0.29, 0.717) is 23.9 Å². The van der Waals surface area contributed by atoms with E-state index in [0.717, 1.165) is 57.8 Å². The molecule has 0 saturated carbocycles. The minimum atomic E-state index is -4.58. The van der Waals surface area contributed by atoms with E-state index < -0.39 is 20.0 Å². The van der Waals surface area contributed by atoms with E-state index in [4.69, 9.17) is 9.05 Å². The number of phosphoric acid groups is 1. The molecular weight excluding hydrogens is 924 g/mol. The topological polar surface area (TPSA) is 108 Å². The summed E-state index contributed by atoms with van der Waals surface area (Å²) in [4.78, 5) is 25.6. The van der Waals surface area contributed by atoms with Crippen LogP contribution in [0.25, 0.3) is 0 Å². The van der Waals surface area contributed by atoms with Crippen molar-refractivity contribution in [3.8, 4) is 0 Å². The first-order chi connectivity index (χ1) is 35.5. The maximum absolute atomic E-state index is 13.0. The van der Waals surface area contributed by atoms with Crippen LogP contribution in [-0.2, 0) is 18.4 Å². The number of amides is 1. The van der Waals surface area contributed by atoms with Crippen molar-refractivity contribution in [3.05, 3.63) is 36.5 Å². The lowest BCUT2D eigenvalue weighted by atomic mass is 10.0. The first-order valence-electron chi connectivity index (χ1n) is 31.8. The molecule has 0 heterocycles. The molecule has 0 spiro atoms. The molecule has 1 amide bonds. The molecule has 0 fully saturated rings. The van der Waals surface area contributed by atoms with E-state index in [2.05, 4.69) is 55.6 Å². The van der Waals surface area contributed by atoms with Gasteiger partial charge in [0, 0.05) is 6.42 Å². The number of nitrogens with one attached hydrogen (secondary N) is 1. The third-order valence-corrected chi connectivity index (χ3v) is 15.6. The highest BCUT2D eigenvalue weighted by atomic mass is 31.2. The van der Waals surface area contributed by atoms with Gasteiger partial charge in [-0.2, -0.15) is 0 Å². The molecule has 3 atom stereocenters. The molecule has 73 heavy (non-hydrogen) atoms. The Kier molecular flexibility index (Phi) is 54.5. The summed E-state index contributed by atoms with van der Waals surface area (Å²) < 4.78 is 23.5.